The Kier molecular flexibility index (Phi) is 7.61. The number of carbonyl (C=O) groups excluding carboxylic acids is 3. The van der Waals surface area contributed by atoms with Gasteiger partial charge in [0.25, 0.3) is 11.8 Å². The van der Waals surface area contributed by atoms with E-state index in [4.69, 9.17) is 10.5 Å². The molecule has 1 heterocycles. The summed E-state index contributed by atoms with van der Waals surface area (Å²) in [4.78, 5) is 37.6. The molecule has 5 N–H and O–H groups in total. The van der Waals surface area contributed by atoms with Crippen LogP contribution >= 0.6 is 0 Å². The molecule has 0 unspecified atom stereocenters. The number of urea groups is 1. The summed E-state index contributed by atoms with van der Waals surface area (Å²) in [6.07, 6.45) is 0.169. The van der Waals surface area contributed by atoms with Crippen LogP contribution in [0.15, 0.2) is 48.5 Å². The van der Waals surface area contributed by atoms with E-state index >= 15 is 0 Å². The van der Waals surface area contributed by atoms with Crippen molar-refractivity contribution >= 4 is 23.5 Å². The number of amides is 4. The highest BCUT2D eigenvalue weighted by atomic mass is 19.1. The SMILES string of the molecule is NC(=O)COc1ccc(C(=O)N[C@H]2CN(C(=O)Nc3ccc(F)cc3)CCC[C@H]2O)cc1. The lowest BCUT2D eigenvalue weighted by Crippen LogP contribution is -2.50. The third kappa shape index (κ3) is 6.42. The predicted molar refractivity (Wildman–Crippen MR) is 115 cm³/mol. The van der Waals surface area contributed by atoms with Crippen molar-refractivity contribution in [3.63, 3.8) is 0 Å². The Morgan fingerprint density at radius 1 is 1.12 bits per heavy atom. The third-order valence-electron chi connectivity index (χ3n) is 5.01. The summed E-state index contributed by atoms with van der Waals surface area (Å²) in [5.74, 6) is -1.05. The van der Waals surface area contributed by atoms with Crippen LogP contribution in [0.4, 0.5) is 14.9 Å². The average Bonchev–Trinajstić information content (AvgIpc) is 2.95. The van der Waals surface area contributed by atoms with E-state index in [0.717, 1.165) is 0 Å². The van der Waals surface area contributed by atoms with Crippen LogP contribution in [0, 0.1) is 5.82 Å². The van der Waals surface area contributed by atoms with Gasteiger partial charge in [-0.15, -0.1) is 0 Å². The lowest BCUT2D eigenvalue weighted by atomic mass is 10.1. The van der Waals surface area contributed by atoms with E-state index in [0.29, 0.717) is 36.4 Å². The first kappa shape index (κ1) is 23.0. The summed E-state index contributed by atoms with van der Waals surface area (Å²) < 4.78 is 18.2. The van der Waals surface area contributed by atoms with Crippen molar-refractivity contribution in [2.75, 3.05) is 25.0 Å². The van der Waals surface area contributed by atoms with Gasteiger partial charge in [0.1, 0.15) is 11.6 Å². The maximum Gasteiger partial charge on any atom is 0.321 e. The first-order chi connectivity index (χ1) is 15.3. The molecule has 32 heavy (non-hydrogen) atoms. The van der Waals surface area contributed by atoms with E-state index in [9.17, 15) is 23.9 Å². The molecule has 1 fully saturated rings. The molecule has 4 amide bonds. The summed E-state index contributed by atoms with van der Waals surface area (Å²) in [6, 6.07) is 10.4. The highest BCUT2D eigenvalue weighted by molar-refractivity contribution is 5.94. The minimum absolute atomic E-state index is 0.111. The van der Waals surface area contributed by atoms with Crippen molar-refractivity contribution in [3.05, 3.63) is 59.9 Å². The standard InChI is InChI=1S/C22H25FN4O5/c23-15-5-7-16(8-6-15)25-22(31)27-11-1-2-19(28)18(12-27)26-21(30)14-3-9-17(10-4-14)32-13-20(24)29/h3-10,18-19,28H,1-2,11-13H2,(H2,24,29)(H,25,31)(H,26,30)/t18-,19+/m0/s1. The highest BCUT2D eigenvalue weighted by Gasteiger charge is 2.29. The fourth-order valence-electron chi connectivity index (χ4n) is 3.31. The maximum absolute atomic E-state index is 13.1. The van der Waals surface area contributed by atoms with Crippen molar-refractivity contribution in [1.29, 1.82) is 0 Å². The second kappa shape index (κ2) is 10.6. The van der Waals surface area contributed by atoms with Gasteiger partial charge >= 0.3 is 6.03 Å². The van der Waals surface area contributed by atoms with Crippen LogP contribution in [0.1, 0.15) is 23.2 Å². The van der Waals surface area contributed by atoms with Crippen LogP contribution < -0.4 is 21.1 Å². The number of anilines is 1. The van der Waals surface area contributed by atoms with Gasteiger partial charge in [-0.25, -0.2) is 9.18 Å². The van der Waals surface area contributed by atoms with Crippen LogP contribution in [-0.4, -0.2) is 59.7 Å². The number of benzene rings is 2. The summed E-state index contributed by atoms with van der Waals surface area (Å²) in [5.41, 5.74) is 5.80. The van der Waals surface area contributed by atoms with Gasteiger partial charge in [-0.2, -0.15) is 0 Å². The highest BCUT2D eigenvalue weighted by Crippen LogP contribution is 2.16. The number of primary amides is 1. The summed E-state index contributed by atoms with van der Waals surface area (Å²) in [6.45, 7) is 0.248. The number of rotatable bonds is 6. The van der Waals surface area contributed by atoms with Crippen molar-refractivity contribution < 1.29 is 28.6 Å². The molecule has 1 aliphatic rings. The van der Waals surface area contributed by atoms with E-state index < -0.39 is 35.8 Å². The molecule has 0 bridgehead atoms. The van der Waals surface area contributed by atoms with Crippen LogP contribution in [0.3, 0.4) is 0 Å². The number of aliphatic hydroxyl groups excluding tert-OH is 1. The second-order valence-electron chi connectivity index (χ2n) is 7.45. The van der Waals surface area contributed by atoms with Gasteiger partial charge in [0.15, 0.2) is 6.61 Å². The molecule has 0 radical (unpaired) electrons. The Morgan fingerprint density at radius 3 is 2.47 bits per heavy atom. The molecule has 0 aromatic heterocycles. The first-order valence-electron chi connectivity index (χ1n) is 10.1. The number of hydrogen-bond acceptors (Lipinski definition) is 5. The topological polar surface area (TPSA) is 134 Å². The predicted octanol–water partition coefficient (Wildman–Crippen LogP) is 1.48. The van der Waals surface area contributed by atoms with Crippen LogP contribution in [-0.2, 0) is 4.79 Å². The fourth-order valence-corrected chi connectivity index (χ4v) is 3.31. The minimum Gasteiger partial charge on any atom is -0.484 e. The van der Waals surface area contributed by atoms with Crippen LogP contribution in [0.5, 0.6) is 5.75 Å². The normalized spacial score (nSPS) is 18.4. The minimum atomic E-state index is -0.819. The zero-order chi connectivity index (χ0) is 23.1. The molecule has 0 saturated carbocycles. The molecule has 10 heteroatoms. The number of carbonyl (C=O) groups is 3. The van der Waals surface area contributed by atoms with Gasteiger partial charge in [0.05, 0.1) is 12.1 Å². The van der Waals surface area contributed by atoms with E-state index in [-0.39, 0.29) is 13.2 Å². The Bertz CT molecular complexity index is 952. The smallest absolute Gasteiger partial charge is 0.321 e. The zero-order valence-electron chi connectivity index (χ0n) is 17.3. The van der Waals surface area contributed by atoms with E-state index in [2.05, 4.69) is 10.6 Å². The quantitative estimate of drug-likeness (QED) is 0.535. The second-order valence-corrected chi connectivity index (χ2v) is 7.45. The van der Waals surface area contributed by atoms with E-state index in [1.165, 1.54) is 53.4 Å². The van der Waals surface area contributed by atoms with Crippen LogP contribution in [0.2, 0.25) is 0 Å². The average molecular weight is 444 g/mol. The van der Waals surface area contributed by atoms with E-state index in [1.807, 2.05) is 0 Å². The van der Waals surface area contributed by atoms with Gasteiger partial charge in [0.2, 0.25) is 0 Å². The maximum atomic E-state index is 13.1. The lowest BCUT2D eigenvalue weighted by Gasteiger charge is -2.27. The molecule has 1 aliphatic heterocycles. The Balaban J connectivity index is 1.61. The summed E-state index contributed by atoms with van der Waals surface area (Å²) >= 11 is 0. The van der Waals surface area contributed by atoms with Gasteiger partial charge in [0, 0.05) is 24.3 Å². The number of nitrogens with zero attached hydrogens (tertiary/aromatic N) is 1. The van der Waals surface area contributed by atoms with E-state index in [1.54, 1.807) is 0 Å². The Labute approximate surface area is 184 Å². The van der Waals surface area contributed by atoms with Gasteiger partial charge in [-0.05, 0) is 61.4 Å². The lowest BCUT2D eigenvalue weighted by molar-refractivity contribution is -0.119. The first-order valence-corrected chi connectivity index (χ1v) is 10.1. The van der Waals surface area contributed by atoms with Crippen molar-refractivity contribution in [2.45, 2.75) is 25.0 Å². The van der Waals surface area contributed by atoms with Crippen LogP contribution in [0.25, 0.3) is 0 Å². The van der Waals surface area contributed by atoms with Gasteiger partial charge < -0.3 is 31.1 Å². The van der Waals surface area contributed by atoms with Crippen molar-refractivity contribution in [1.82, 2.24) is 10.2 Å². The largest absolute Gasteiger partial charge is 0.484 e. The molecular weight excluding hydrogens is 419 g/mol. The number of likely N-dealkylation sites (tertiary alicyclic amines) is 1. The molecule has 0 aliphatic carbocycles. The molecular formula is C22H25FN4O5. The molecule has 1 saturated heterocycles. The van der Waals surface area contributed by atoms with Gasteiger partial charge in [-0.3, -0.25) is 9.59 Å². The Hall–Kier alpha value is -3.66. The van der Waals surface area contributed by atoms with Crippen molar-refractivity contribution in [3.8, 4) is 5.75 Å². The number of ether oxygens (including phenoxy) is 1. The Morgan fingerprint density at radius 2 is 1.81 bits per heavy atom. The van der Waals surface area contributed by atoms with Crippen molar-refractivity contribution in [2.24, 2.45) is 5.73 Å². The molecule has 3 rings (SSSR count). The number of nitrogens with one attached hydrogen (secondary N) is 2. The summed E-state index contributed by atoms with van der Waals surface area (Å²) in [7, 11) is 0. The fraction of sp³-hybridized carbons (Fsp3) is 0.318. The number of nitrogens with two attached hydrogens (primary N) is 1. The molecule has 2 aromatic rings. The molecule has 2 aromatic carbocycles. The molecule has 9 nitrogen and oxygen atoms in total. The monoisotopic (exact) mass is 444 g/mol. The summed E-state index contributed by atoms with van der Waals surface area (Å²) in [5, 5.41) is 15.9. The zero-order valence-corrected chi connectivity index (χ0v) is 17.3. The van der Waals surface area contributed by atoms with Gasteiger partial charge in [-0.1, -0.05) is 0 Å². The number of aliphatic hydroxyl groups is 1. The molecule has 0 spiro atoms. The third-order valence-corrected chi connectivity index (χ3v) is 5.01. The molecule has 2 atom stereocenters. The number of hydrogen-bond donors (Lipinski definition) is 4. The number of halogens is 1. The molecule has 170 valence electrons.